The van der Waals surface area contributed by atoms with Crippen LogP contribution in [0.15, 0.2) is 67.0 Å². The fourth-order valence-electron chi connectivity index (χ4n) is 3.35. The quantitative estimate of drug-likeness (QED) is 0.741. The van der Waals surface area contributed by atoms with Crippen molar-refractivity contribution in [2.45, 2.75) is 25.9 Å². The predicted molar refractivity (Wildman–Crippen MR) is 94.2 cm³/mol. The Balaban J connectivity index is 1.56. The zero-order valence-electron chi connectivity index (χ0n) is 13.6. The zero-order chi connectivity index (χ0) is 16.5. The van der Waals surface area contributed by atoms with Gasteiger partial charge in [0.25, 0.3) is 5.91 Å². The van der Waals surface area contributed by atoms with Crippen molar-refractivity contribution in [1.29, 1.82) is 0 Å². The molecule has 1 aromatic heterocycles. The Kier molecular flexibility index (Phi) is 3.65. The Labute approximate surface area is 141 Å². The van der Waals surface area contributed by atoms with Crippen LogP contribution in [-0.2, 0) is 13.0 Å². The Bertz CT molecular complexity index is 853. The van der Waals surface area contributed by atoms with E-state index in [-0.39, 0.29) is 11.9 Å². The van der Waals surface area contributed by atoms with Gasteiger partial charge >= 0.3 is 0 Å². The number of para-hydroxylation sites is 1. The third-order valence-corrected chi connectivity index (χ3v) is 4.53. The molecule has 120 valence electrons. The largest absolute Gasteiger partial charge is 0.305 e. The monoisotopic (exact) mass is 317 g/mol. The minimum atomic E-state index is 0.0677. The summed E-state index contributed by atoms with van der Waals surface area (Å²) < 4.78 is 1.87. The van der Waals surface area contributed by atoms with Gasteiger partial charge in [0.15, 0.2) is 0 Å². The Hall–Kier alpha value is -2.88. The van der Waals surface area contributed by atoms with Gasteiger partial charge in [-0.25, -0.2) is 0 Å². The molecule has 1 unspecified atom stereocenters. The lowest BCUT2D eigenvalue weighted by Gasteiger charge is -2.23. The van der Waals surface area contributed by atoms with Crippen LogP contribution in [0.4, 0.5) is 5.69 Å². The second kappa shape index (κ2) is 5.96. The number of carbonyl (C=O) groups excluding carboxylic acids is 1. The molecule has 0 radical (unpaired) electrons. The maximum absolute atomic E-state index is 13.0. The van der Waals surface area contributed by atoms with E-state index in [0.29, 0.717) is 6.54 Å². The summed E-state index contributed by atoms with van der Waals surface area (Å²) in [7, 11) is 0. The van der Waals surface area contributed by atoms with E-state index in [0.717, 1.165) is 23.2 Å². The van der Waals surface area contributed by atoms with Gasteiger partial charge in [0.1, 0.15) is 0 Å². The number of hydrogen-bond acceptors (Lipinski definition) is 2. The Morgan fingerprint density at radius 1 is 1.12 bits per heavy atom. The lowest BCUT2D eigenvalue weighted by atomic mass is 10.1. The van der Waals surface area contributed by atoms with Crippen LogP contribution in [0, 0.1) is 0 Å². The first-order chi connectivity index (χ1) is 11.7. The summed E-state index contributed by atoms with van der Waals surface area (Å²) in [6.45, 7) is 2.81. The van der Waals surface area contributed by atoms with Crippen LogP contribution in [-0.4, -0.2) is 21.7 Å². The van der Waals surface area contributed by atoms with Gasteiger partial charge < -0.3 is 4.90 Å². The lowest BCUT2D eigenvalue weighted by Crippen LogP contribution is -2.35. The molecular formula is C20H19N3O. The Morgan fingerprint density at radius 2 is 1.92 bits per heavy atom. The average Bonchev–Trinajstić information content (AvgIpc) is 3.21. The number of aromatic nitrogens is 2. The lowest BCUT2D eigenvalue weighted by molar-refractivity contribution is 0.0981. The highest BCUT2D eigenvalue weighted by Gasteiger charge is 2.31. The van der Waals surface area contributed by atoms with Gasteiger partial charge in [0, 0.05) is 29.7 Å². The topological polar surface area (TPSA) is 38.1 Å². The van der Waals surface area contributed by atoms with E-state index in [9.17, 15) is 4.79 Å². The fraction of sp³-hybridized carbons (Fsp3) is 0.200. The maximum atomic E-state index is 13.0. The first-order valence-electron chi connectivity index (χ1n) is 8.20. The van der Waals surface area contributed by atoms with Gasteiger partial charge in [-0.2, -0.15) is 5.10 Å². The minimum absolute atomic E-state index is 0.0677. The summed E-state index contributed by atoms with van der Waals surface area (Å²) >= 11 is 0. The van der Waals surface area contributed by atoms with E-state index >= 15 is 0 Å². The number of anilines is 1. The number of amides is 1. The normalized spacial score (nSPS) is 16.2. The van der Waals surface area contributed by atoms with Crippen molar-refractivity contribution in [3.63, 3.8) is 0 Å². The summed E-state index contributed by atoms with van der Waals surface area (Å²) in [5.74, 6) is 0.0677. The first-order valence-corrected chi connectivity index (χ1v) is 8.20. The standard InChI is InChI=1S/C20H19N3O/c1-15-13-18-5-2-3-6-19(18)23(15)20(24)17-9-7-16(8-10-17)14-22-12-4-11-21-22/h2-12,15H,13-14H2,1H3. The third kappa shape index (κ3) is 2.60. The van der Waals surface area contributed by atoms with Crippen LogP contribution in [0.2, 0.25) is 0 Å². The first kappa shape index (κ1) is 14.7. The molecule has 2 aromatic carbocycles. The van der Waals surface area contributed by atoms with Crippen molar-refractivity contribution in [2.24, 2.45) is 0 Å². The second-order valence-electron chi connectivity index (χ2n) is 6.26. The summed E-state index contributed by atoms with van der Waals surface area (Å²) in [5.41, 5.74) is 4.14. The van der Waals surface area contributed by atoms with E-state index in [2.05, 4.69) is 18.1 Å². The SMILES string of the molecule is CC1Cc2ccccc2N1C(=O)c1ccc(Cn2cccn2)cc1. The molecular weight excluding hydrogens is 298 g/mol. The molecule has 0 aliphatic carbocycles. The van der Waals surface area contributed by atoms with Crippen LogP contribution >= 0.6 is 0 Å². The molecule has 2 heterocycles. The summed E-state index contributed by atoms with van der Waals surface area (Å²) in [6.07, 6.45) is 4.62. The zero-order valence-corrected chi connectivity index (χ0v) is 13.6. The number of rotatable bonds is 3. The van der Waals surface area contributed by atoms with Crippen LogP contribution < -0.4 is 4.90 Å². The molecule has 24 heavy (non-hydrogen) atoms. The van der Waals surface area contributed by atoms with Gasteiger partial charge in [0.05, 0.1) is 6.54 Å². The molecule has 0 fully saturated rings. The summed E-state index contributed by atoms with van der Waals surface area (Å²) in [5, 5.41) is 4.21. The number of carbonyl (C=O) groups is 1. The molecule has 4 heteroatoms. The van der Waals surface area contributed by atoms with Crippen molar-refractivity contribution in [1.82, 2.24) is 9.78 Å². The van der Waals surface area contributed by atoms with E-state index in [1.165, 1.54) is 5.56 Å². The molecule has 0 spiro atoms. The van der Waals surface area contributed by atoms with Crippen molar-refractivity contribution >= 4 is 11.6 Å². The highest BCUT2D eigenvalue weighted by molar-refractivity contribution is 6.07. The molecule has 1 aliphatic heterocycles. The van der Waals surface area contributed by atoms with Crippen LogP contribution in [0.25, 0.3) is 0 Å². The van der Waals surface area contributed by atoms with Crippen molar-refractivity contribution < 1.29 is 4.79 Å². The van der Waals surface area contributed by atoms with Crippen LogP contribution in [0.5, 0.6) is 0 Å². The smallest absolute Gasteiger partial charge is 0.258 e. The number of nitrogens with zero attached hydrogens (tertiary/aromatic N) is 3. The molecule has 3 aromatic rings. The average molecular weight is 317 g/mol. The highest BCUT2D eigenvalue weighted by Crippen LogP contribution is 2.33. The summed E-state index contributed by atoms with van der Waals surface area (Å²) in [6, 6.07) is 18.1. The molecule has 1 atom stereocenters. The fourth-order valence-corrected chi connectivity index (χ4v) is 3.35. The van der Waals surface area contributed by atoms with Crippen LogP contribution in [0.1, 0.15) is 28.4 Å². The number of hydrogen-bond donors (Lipinski definition) is 0. The molecule has 0 bridgehead atoms. The second-order valence-corrected chi connectivity index (χ2v) is 6.26. The minimum Gasteiger partial charge on any atom is -0.305 e. The molecule has 4 nitrogen and oxygen atoms in total. The van der Waals surface area contributed by atoms with E-state index in [1.807, 2.05) is 64.3 Å². The highest BCUT2D eigenvalue weighted by atomic mass is 16.2. The molecule has 0 saturated carbocycles. The van der Waals surface area contributed by atoms with Gasteiger partial charge in [-0.3, -0.25) is 9.48 Å². The van der Waals surface area contributed by atoms with Gasteiger partial charge in [0.2, 0.25) is 0 Å². The molecule has 0 saturated heterocycles. The van der Waals surface area contributed by atoms with Crippen molar-refractivity contribution in [2.75, 3.05) is 4.90 Å². The van der Waals surface area contributed by atoms with E-state index in [1.54, 1.807) is 6.20 Å². The van der Waals surface area contributed by atoms with Crippen molar-refractivity contribution in [3.05, 3.63) is 83.7 Å². The molecule has 1 aliphatic rings. The predicted octanol–water partition coefficient (Wildman–Crippen LogP) is 3.52. The third-order valence-electron chi connectivity index (χ3n) is 4.53. The van der Waals surface area contributed by atoms with Crippen molar-refractivity contribution in [3.8, 4) is 0 Å². The maximum Gasteiger partial charge on any atom is 0.258 e. The van der Waals surface area contributed by atoms with E-state index < -0.39 is 0 Å². The Morgan fingerprint density at radius 3 is 2.67 bits per heavy atom. The number of fused-ring (bicyclic) bond motifs is 1. The summed E-state index contributed by atoms with van der Waals surface area (Å²) in [4.78, 5) is 14.9. The molecule has 1 amide bonds. The molecule has 0 N–H and O–H groups in total. The van der Waals surface area contributed by atoms with Gasteiger partial charge in [-0.15, -0.1) is 0 Å². The van der Waals surface area contributed by atoms with Gasteiger partial charge in [-0.1, -0.05) is 30.3 Å². The molecule has 4 rings (SSSR count). The van der Waals surface area contributed by atoms with E-state index in [4.69, 9.17) is 0 Å². The van der Waals surface area contributed by atoms with Crippen LogP contribution in [0.3, 0.4) is 0 Å². The number of benzene rings is 2. The van der Waals surface area contributed by atoms with Gasteiger partial charge in [-0.05, 0) is 48.7 Å².